The predicted octanol–water partition coefficient (Wildman–Crippen LogP) is 0.870. The Hall–Kier alpha value is -3.56. The molecule has 0 atom stereocenters. The smallest absolute Gasteiger partial charge is 0.182 e. The Morgan fingerprint density at radius 1 is 0.963 bits per heavy atom. The number of anilines is 2. The van der Waals surface area contributed by atoms with Gasteiger partial charge in [0.15, 0.2) is 11.5 Å². The number of hydrogen-bond donors (Lipinski definition) is 1. The number of aryl methyl sites for hydroxylation is 1. The summed E-state index contributed by atoms with van der Waals surface area (Å²) in [5, 5.41) is 4.21. The first kappa shape index (κ1) is 15.7. The number of rotatable bonds is 3. The van der Waals surface area contributed by atoms with Crippen LogP contribution in [-0.2, 0) is 7.05 Å². The Labute approximate surface area is 154 Å². The minimum atomic E-state index is 0.692. The average Bonchev–Trinajstić information content (AvgIpc) is 3.37. The van der Waals surface area contributed by atoms with Crippen molar-refractivity contribution in [3.8, 4) is 11.3 Å². The van der Waals surface area contributed by atoms with E-state index < -0.39 is 0 Å². The van der Waals surface area contributed by atoms with Crippen molar-refractivity contribution < 1.29 is 0 Å². The Morgan fingerprint density at radius 2 is 1.81 bits per heavy atom. The fourth-order valence-corrected chi connectivity index (χ4v) is 3.34. The lowest BCUT2D eigenvalue weighted by molar-refractivity contribution is 0.642. The minimum absolute atomic E-state index is 0.692. The van der Waals surface area contributed by atoms with E-state index in [9.17, 15) is 0 Å². The molecular formula is C17H18N10. The lowest BCUT2D eigenvalue weighted by Crippen LogP contribution is -2.47. The van der Waals surface area contributed by atoms with Crippen LogP contribution in [0.4, 0.5) is 11.6 Å². The fraction of sp³-hybridized carbons (Fsp3) is 0.294. The van der Waals surface area contributed by atoms with E-state index in [0.29, 0.717) is 5.65 Å². The minimum Gasteiger partial charge on any atom is -0.352 e. The van der Waals surface area contributed by atoms with E-state index in [1.165, 1.54) is 0 Å². The molecule has 0 aromatic carbocycles. The number of H-pyrrole nitrogens is 1. The molecule has 0 bridgehead atoms. The molecule has 4 aromatic heterocycles. The van der Waals surface area contributed by atoms with E-state index in [0.717, 1.165) is 54.6 Å². The number of piperazine rings is 1. The highest BCUT2D eigenvalue weighted by atomic mass is 15.3. The molecule has 0 spiro atoms. The molecule has 0 aliphatic carbocycles. The van der Waals surface area contributed by atoms with Crippen LogP contribution in [-0.4, -0.2) is 65.9 Å². The van der Waals surface area contributed by atoms with Crippen LogP contribution in [0.25, 0.3) is 22.4 Å². The Balaban J connectivity index is 1.34. The maximum atomic E-state index is 4.77. The second kappa shape index (κ2) is 6.31. The molecule has 0 amide bonds. The van der Waals surface area contributed by atoms with Gasteiger partial charge in [0.2, 0.25) is 0 Å². The third-order valence-corrected chi connectivity index (χ3v) is 4.73. The van der Waals surface area contributed by atoms with Crippen molar-refractivity contribution >= 4 is 22.8 Å². The van der Waals surface area contributed by atoms with Crippen LogP contribution < -0.4 is 9.80 Å². The van der Waals surface area contributed by atoms with Gasteiger partial charge in [0.05, 0.1) is 30.6 Å². The van der Waals surface area contributed by atoms with Gasteiger partial charge in [-0.05, 0) is 0 Å². The van der Waals surface area contributed by atoms with E-state index in [1.807, 2.05) is 19.4 Å². The van der Waals surface area contributed by atoms with Crippen LogP contribution >= 0.6 is 0 Å². The standard InChI is InChI=1S/C17H18N10/c1-25-9-12(6-23-25)13-7-18-8-14(24-13)26-2-4-27(5-3-26)17-15-16(20-10-19-15)21-11-22-17/h6-11H,2-5H2,1H3,(H,19,20,21,22). The molecule has 1 aliphatic rings. The van der Waals surface area contributed by atoms with Crippen LogP contribution in [0.2, 0.25) is 0 Å². The quantitative estimate of drug-likeness (QED) is 0.572. The molecule has 0 radical (unpaired) electrons. The molecule has 1 N–H and O–H groups in total. The van der Waals surface area contributed by atoms with Gasteiger partial charge < -0.3 is 14.8 Å². The van der Waals surface area contributed by atoms with Crippen molar-refractivity contribution in [1.82, 2.24) is 39.7 Å². The molecule has 5 rings (SSSR count). The van der Waals surface area contributed by atoms with Crippen molar-refractivity contribution in [3.05, 3.63) is 37.4 Å². The van der Waals surface area contributed by atoms with Gasteiger partial charge in [-0.2, -0.15) is 5.10 Å². The normalized spacial score (nSPS) is 14.9. The first-order valence-corrected chi connectivity index (χ1v) is 8.73. The highest BCUT2D eigenvalue weighted by molar-refractivity contribution is 5.82. The fourth-order valence-electron chi connectivity index (χ4n) is 3.34. The first-order valence-electron chi connectivity index (χ1n) is 8.73. The topological polar surface area (TPSA) is 105 Å². The zero-order valence-corrected chi connectivity index (χ0v) is 14.8. The van der Waals surface area contributed by atoms with Crippen molar-refractivity contribution in [2.45, 2.75) is 0 Å². The van der Waals surface area contributed by atoms with Crippen molar-refractivity contribution in [2.75, 3.05) is 36.0 Å². The first-order chi connectivity index (χ1) is 13.3. The van der Waals surface area contributed by atoms with Gasteiger partial charge in [-0.25, -0.2) is 19.9 Å². The second-order valence-corrected chi connectivity index (χ2v) is 6.44. The molecular weight excluding hydrogens is 344 g/mol. The number of nitrogens with one attached hydrogen (secondary N) is 1. The van der Waals surface area contributed by atoms with Crippen LogP contribution in [0.1, 0.15) is 0 Å². The molecule has 10 nitrogen and oxygen atoms in total. The molecule has 5 heterocycles. The zero-order valence-electron chi connectivity index (χ0n) is 14.8. The summed E-state index contributed by atoms with van der Waals surface area (Å²) in [4.78, 5) is 29.6. The number of imidazole rings is 1. The second-order valence-electron chi connectivity index (χ2n) is 6.44. The van der Waals surface area contributed by atoms with Gasteiger partial charge in [-0.1, -0.05) is 0 Å². The zero-order chi connectivity index (χ0) is 18.2. The summed E-state index contributed by atoms with van der Waals surface area (Å²) in [5.41, 5.74) is 3.37. The maximum Gasteiger partial charge on any atom is 0.182 e. The summed E-state index contributed by atoms with van der Waals surface area (Å²) in [6.07, 6.45) is 10.5. The molecule has 0 saturated carbocycles. The summed E-state index contributed by atoms with van der Waals surface area (Å²) in [6.45, 7) is 3.35. The van der Waals surface area contributed by atoms with Gasteiger partial charge >= 0.3 is 0 Å². The lowest BCUT2D eigenvalue weighted by atomic mass is 10.2. The number of aromatic amines is 1. The SMILES string of the molecule is Cn1cc(-c2cncc(N3CCN(c4ncnc5nc[nH]c45)CC3)n2)cn1. The number of hydrogen-bond acceptors (Lipinski definition) is 8. The van der Waals surface area contributed by atoms with Gasteiger partial charge in [0.25, 0.3) is 0 Å². The molecule has 10 heteroatoms. The summed E-state index contributed by atoms with van der Waals surface area (Å²) < 4.78 is 1.76. The van der Waals surface area contributed by atoms with Crippen molar-refractivity contribution in [2.24, 2.45) is 7.05 Å². The van der Waals surface area contributed by atoms with E-state index in [-0.39, 0.29) is 0 Å². The number of fused-ring (bicyclic) bond motifs is 1. The highest BCUT2D eigenvalue weighted by Crippen LogP contribution is 2.23. The van der Waals surface area contributed by atoms with E-state index >= 15 is 0 Å². The van der Waals surface area contributed by atoms with Crippen molar-refractivity contribution in [1.29, 1.82) is 0 Å². The summed E-state index contributed by atoms with van der Waals surface area (Å²) in [5.74, 6) is 1.78. The monoisotopic (exact) mass is 362 g/mol. The molecule has 1 fully saturated rings. The van der Waals surface area contributed by atoms with E-state index in [1.54, 1.807) is 29.7 Å². The molecule has 1 saturated heterocycles. The molecule has 1 aliphatic heterocycles. The van der Waals surface area contributed by atoms with Gasteiger partial charge in [0, 0.05) is 45.0 Å². The van der Waals surface area contributed by atoms with Crippen LogP contribution in [0.15, 0.2) is 37.4 Å². The Morgan fingerprint density at radius 3 is 2.63 bits per heavy atom. The summed E-state index contributed by atoms with van der Waals surface area (Å²) in [7, 11) is 1.89. The predicted molar refractivity (Wildman–Crippen MR) is 100 cm³/mol. The van der Waals surface area contributed by atoms with Crippen LogP contribution in [0.3, 0.4) is 0 Å². The lowest BCUT2D eigenvalue weighted by Gasteiger charge is -2.35. The molecule has 27 heavy (non-hydrogen) atoms. The largest absolute Gasteiger partial charge is 0.352 e. The maximum absolute atomic E-state index is 4.77. The number of aromatic nitrogens is 8. The Kier molecular flexibility index (Phi) is 3.66. The average molecular weight is 362 g/mol. The van der Waals surface area contributed by atoms with E-state index in [4.69, 9.17) is 4.98 Å². The Bertz CT molecular complexity index is 1080. The number of nitrogens with zero attached hydrogens (tertiary/aromatic N) is 9. The van der Waals surface area contributed by atoms with Gasteiger partial charge in [-0.15, -0.1) is 0 Å². The highest BCUT2D eigenvalue weighted by Gasteiger charge is 2.22. The van der Waals surface area contributed by atoms with Gasteiger partial charge in [-0.3, -0.25) is 9.67 Å². The van der Waals surface area contributed by atoms with Crippen LogP contribution in [0, 0.1) is 0 Å². The molecule has 136 valence electrons. The third kappa shape index (κ3) is 2.84. The van der Waals surface area contributed by atoms with E-state index in [2.05, 4.69) is 39.8 Å². The van der Waals surface area contributed by atoms with Crippen LogP contribution in [0.5, 0.6) is 0 Å². The third-order valence-electron chi connectivity index (χ3n) is 4.73. The molecule has 4 aromatic rings. The molecule has 0 unspecified atom stereocenters. The summed E-state index contributed by atoms with van der Waals surface area (Å²) >= 11 is 0. The van der Waals surface area contributed by atoms with Gasteiger partial charge in [0.1, 0.15) is 17.7 Å². The summed E-state index contributed by atoms with van der Waals surface area (Å²) in [6, 6.07) is 0. The van der Waals surface area contributed by atoms with Crippen molar-refractivity contribution in [3.63, 3.8) is 0 Å².